The van der Waals surface area contributed by atoms with E-state index in [1.54, 1.807) is 0 Å². The van der Waals surface area contributed by atoms with Crippen LogP contribution < -0.4 is 0 Å². The van der Waals surface area contributed by atoms with E-state index in [1.807, 2.05) is 27.7 Å². The molecule has 0 amide bonds. The largest absolute Gasteiger partial charge is 0.466 e. The van der Waals surface area contributed by atoms with Gasteiger partial charge in [-0.25, -0.2) is 4.79 Å². The normalized spacial score (nSPS) is 28.0. The van der Waals surface area contributed by atoms with Crippen molar-refractivity contribution in [1.29, 1.82) is 0 Å². The summed E-state index contributed by atoms with van der Waals surface area (Å²) in [6.45, 7) is 12.1. The zero-order valence-electron chi connectivity index (χ0n) is 20.4. The Hall–Kier alpha value is -1.22. The van der Waals surface area contributed by atoms with Crippen LogP contribution in [0.4, 0.5) is 0 Å². The van der Waals surface area contributed by atoms with E-state index >= 15 is 0 Å². The molecule has 0 radical (unpaired) electrons. The minimum absolute atomic E-state index is 0.0795. The Labute approximate surface area is 192 Å². The molecule has 2 saturated heterocycles. The number of likely N-dealkylation sites (tertiary alicyclic amines) is 1. The van der Waals surface area contributed by atoms with Crippen molar-refractivity contribution in [3.63, 3.8) is 0 Å². The average Bonchev–Trinajstić information content (AvgIpc) is 3.14. The standard InChI is InChI=1S/C24H42N2O6/c1-5-30-21(27)19-9-11-20(12-10-19)31-24(25-13-6-7-14-25,22(28)32-23(2,3)4)26-15-8-17-29-18-16-26/h19-20H,5-18H2,1-4H3/t19-,20-,24?. The molecular formula is C24H42N2O6. The molecule has 1 aliphatic carbocycles. The lowest BCUT2D eigenvalue weighted by molar-refractivity contribution is -0.277. The summed E-state index contributed by atoms with van der Waals surface area (Å²) >= 11 is 0. The number of rotatable bonds is 7. The van der Waals surface area contributed by atoms with Gasteiger partial charge in [-0.15, -0.1) is 0 Å². The van der Waals surface area contributed by atoms with Gasteiger partial charge in [0.1, 0.15) is 5.60 Å². The first-order chi connectivity index (χ1) is 15.3. The van der Waals surface area contributed by atoms with Gasteiger partial charge in [0, 0.05) is 32.8 Å². The van der Waals surface area contributed by atoms with E-state index in [1.165, 1.54) is 0 Å². The van der Waals surface area contributed by atoms with Crippen molar-refractivity contribution in [2.75, 3.05) is 46.0 Å². The van der Waals surface area contributed by atoms with Crippen LogP contribution in [-0.4, -0.2) is 85.3 Å². The highest BCUT2D eigenvalue weighted by molar-refractivity contribution is 5.79. The Morgan fingerprint density at radius 2 is 1.53 bits per heavy atom. The van der Waals surface area contributed by atoms with Crippen LogP contribution in [0.15, 0.2) is 0 Å². The zero-order valence-corrected chi connectivity index (χ0v) is 20.4. The molecule has 0 spiro atoms. The van der Waals surface area contributed by atoms with Crippen molar-refractivity contribution in [3.8, 4) is 0 Å². The van der Waals surface area contributed by atoms with Crippen LogP contribution in [0.25, 0.3) is 0 Å². The summed E-state index contributed by atoms with van der Waals surface area (Å²) in [4.78, 5) is 30.4. The first kappa shape index (κ1) is 25.4. The quantitative estimate of drug-likeness (QED) is 0.544. The smallest absolute Gasteiger partial charge is 0.371 e. The van der Waals surface area contributed by atoms with Gasteiger partial charge in [0.2, 0.25) is 0 Å². The molecule has 0 aromatic rings. The molecule has 3 fully saturated rings. The first-order valence-electron chi connectivity index (χ1n) is 12.4. The highest BCUT2D eigenvalue weighted by atomic mass is 16.6. The minimum atomic E-state index is -1.25. The molecule has 0 N–H and O–H groups in total. The van der Waals surface area contributed by atoms with E-state index < -0.39 is 11.4 Å². The van der Waals surface area contributed by atoms with Gasteiger partial charge in [-0.2, -0.15) is 0 Å². The minimum Gasteiger partial charge on any atom is -0.466 e. The van der Waals surface area contributed by atoms with Crippen molar-refractivity contribution >= 4 is 11.9 Å². The van der Waals surface area contributed by atoms with Gasteiger partial charge in [0.05, 0.1) is 25.2 Å². The van der Waals surface area contributed by atoms with Gasteiger partial charge in [-0.05, 0) is 72.6 Å². The predicted molar refractivity (Wildman–Crippen MR) is 120 cm³/mol. The molecule has 3 aliphatic rings. The van der Waals surface area contributed by atoms with Gasteiger partial charge in [-0.1, -0.05) is 0 Å². The number of esters is 2. The molecular weight excluding hydrogens is 412 g/mol. The van der Waals surface area contributed by atoms with E-state index in [0.717, 1.165) is 58.0 Å². The van der Waals surface area contributed by atoms with E-state index in [0.29, 0.717) is 32.9 Å². The third-order valence-electron chi connectivity index (χ3n) is 6.48. The summed E-state index contributed by atoms with van der Waals surface area (Å²) in [5.41, 5.74) is -0.616. The summed E-state index contributed by atoms with van der Waals surface area (Å²) in [5.74, 6) is -1.78. The molecule has 184 valence electrons. The van der Waals surface area contributed by atoms with Gasteiger partial charge < -0.3 is 18.9 Å². The van der Waals surface area contributed by atoms with E-state index in [2.05, 4.69) is 9.80 Å². The maximum Gasteiger partial charge on any atom is 0.371 e. The fourth-order valence-electron chi connectivity index (χ4n) is 4.98. The Morgan fingerprint density at radius 1 is 0.906 bits per heavy atom. The van der Waals surface area contributed by atoms with E-state index in [9.17, 15) is 9.59 Å². The average molecular weight is 455 g/mol. The molecule has 8 heteroatoms. The maximum absolute atomic E-state index is 13.9. The Morgan fingerprint density at radius 3 is 2.16 bits per heavy atom. The lowest BCUT2D eigenvalue weighted by Gasteiger charge is -2.49. The fourth-order valence-corrected chi connectivity index (χ4v) is 4.98. The van der Waals surface area contributed by atoms with Crippen molar-refractivity contribution in [2.45, 2.75) is 90.2 Å². The van der Waals surface area contributed by atoms with Crippen LogP contribution in [0.5, 0.6) is 0 Å². The summed E-state index contributed by atoms with van der Waals surface area (Å²) < 4.78 is 23.7. The molecule has 0 bridgehead atoms. The third kappa shape index (κ3) is 6.22. The number of carbonyl (C=O) groups is 2. The molecule has 2 aliphatic heterocycles. The van der Waals surface area contributed by atoms with Crippen LogP contribution in [0.2, 0.25) is 0 Å². The van der Waals surface area contributed by atoms with Crippen LogP contribution >= 0.6 is 0 Å². The summed E-state index contributed by atoms with van der Waals surface area (Å²) in [5, 5.41) is 0. The lowest BCUT2D eigenvalue weighted by Crippen LogP contribution is -2.69. The van der Waals surface area contributed by atoms with Crippen LogP contribution in [0, 0.1) is 5.92 Å². The second-order valence-corrected chi connectivity index (χ2v) is 10.1. The Kier molecular flexibility index (Phi) is 8.95. The highest BCUT2D eigenvalue weighted by Crippen LogP contribution is 2.36. The second kappa shape index (κ2) is 11.3. The number of nitrogens with zero attached hydrogens (tertiary/aromatic N) is 2. The SMILES string of the molecule is CCOC(=O)[C@H]1CC[C@H](OC(C(=O)OC(C)(C)C)(N2CCCC2)N2CCCOCC2)CC1. The molecule has 1 atom stereocenters. The Bertz CT molecular complexity index is 614. The second-order valence-electron chi connectivity index (χ2n) is 10.1. The predicted octanol–water partition coefficient (Wildman–Crippen LogP) is 2.94. The van der Waals surface area contributed by atoms with Gasteiger partial charge in [0.15, 0.2) is 0 Å². The topological polar surface area (TPSA) is 77.5 Å². The van der Waals surface area contributed by atoms with Gasteiger partial charge >= 0.3 is 11.9 Å². The number of carbonyl (C=O) groups excluding carboxylic acids is 2. The number of hydrogen-bond donors (Lipinski definition) is 0. The molecule has 1 unspecified atom stereocenters. The van der Waals surface area contributed by atoms with Crippen LogP contribution in [-0.2, 0) is 28.5 Å². The molecule has 32 heavy (non-hydrogen) atoms. The van der Waals surface area contributed by atoms with Crippen molar-refractivity contribution in [1.82, 2.24) is 9.80 Å². The molecule has 0 aromatic heterocycles. The van der Waals surface area contributed by atoms with Crippen molar-refractivity contribution in [2.24, 2.45) is 5.92 Å². The third-order valence-corrected chi connectivity index (χ3v) is 6.48. The van der Waals surface area contributed by atoms with Crippen LogP contribution in [0.1, 0.15) is 72.6 Å². The molecule has 2 heterocycles. The monoisotopic (exact) mass is 454 g/mol. The Balaban J connectivity index is 1.85. The van der Waals surface area contributed by atoms with Gasteiger partial charge in [-0.3, -0.25) is 14.6 Å². The summed E-state index contributed by atoms with van der Waals surface area (Å²) in [6.07, 6.45) is 5.70. The fraction of sp³-hybridized carbons (Fsp3) is 0.917. The van der Waals surface area contributed by atoms with E-state index in [-0.39, 0.29) is 24.0 Å². The summed E-state index contributed by atoms with van der Waals surface area (Å²) in [6, 6.07) is 0. The molecule has 3 rings (SSSR count). The van der Waals surface area contributed by atoms with Gasteiger partial charge in [0.25, 0.3) is 5.85 Å². The van der Waals surface area contributed by atoms with Crippen molar-refractivity contribution in [3.05, 3.63) is 0 Å². The first-order valence-corrected chi connectivity index (χ1v) is 12.4. The molecule has 0 aromatic carbocycles. The summed E-state index contributed by atoms with van der Waals surface area (Å²) in [7, 11) is 0. The lowest BCUT2D eigenvalue weighted by atomic mass is 9.87. The highest BCUT2D eigenvalue weighted by Gasteiger charge is 2.55. The number of hydrogen-bond acceptors (Lipinski definition) is 8. The zero-order chi connectivity index (χ0) is 23.2. The molecule has 1 saturated carbocycles. The van der Waals surface area contributed by atoms with Crippen molar-refractivity contribution < 1.29 is 28.5 Å². The van der Waals surface area contributed by atoms with Crippen LogP contribution in [0.3, 0.4) is 0 Å². The molecule has 8 nitrogen and oxygen atoms in total. The maximum atomic E-state index is 13.9. The number of ether oxygens (including phenoxy) is 4. The van der Waals surface area contributed by atoms with E-state index in [4.69, 9.17) is 18.9 Å².